The summed E-state index contributed by atoms with van der Waals surface area (Å²) in [5, 5.41) is 1.08. The van der Waals surface area contributed by atoms with Gasteiger partial charge < -0.3 is 9.64 Å². The van der Waals surface area contributed by atoms with Crippen LogP contribution in [0.5, 0.6) is 0 Å². The molecule has 0 aliphatic carbocycles. The van der Waals surface area contributed by atoms with Crippen LogP contribution in [0.1, 0.15) is 25.6 Å². The fraction of sp³-hybridized carbons (Fsp3) is 0.818. The Bertz CT molecular complexity index is 329. The minimum Gasteiger partial charge on any atom is -0.384 e. The normalized spacial score (nSPS) is 21.4. The Labute approximate surface area is 101 Å². The van der Waals surface area contributed by atoms with Gasteiger partial charge >= 0.3 is 0 Å². The third-order valence-corrected chi connectivity index (χ3v) is 3.73. The van der Waals surface area contributed by atoms with Gasteiger partial charge in [0.1, 0.15) is 5.82 Å². The molecule has 90 valence electrons. The van der Waals surface area contributed by atoms with Crippen LogP contribution in [0.25, 0.3) is 0 Å². The zero-order valence-electron chi connectivity index (χ0n) is 9.98. The Morgan fingerprint density at radius 1 is 1.56 bits per heavy atom. The molecule has 2 heterocycles. The van der Waals surface area contributed by atoms with Crippen molar-refractivity contribution in [2.75, 3.05) is 31.7 Å². The van der Waals surface area contributed by atoms with E-state index >= 15 is 0 Å². The van der Waals surface area contributed by atoms with E-state index in [4.69, 9.17) is 4.74 Å². The summed E-state index contributed by atoms with van der Waals surface area (Å²) < 4.78 is 9.39. The van der Waals surface area contributed by atoms with Gasteiger partial charge in [0, 0.05) is 38.2 Å². The molecule has 0 radical (unpaired) electrons. The van der Waals surface area contributed by atoms with Crippen molar-refractivity contribution in [1.82, 2.24) is 9.36 Å². The topological polar surface area (TPSA) is 38.2 Å². The Morgan fingerprint density at radius 2 is 2.44 bits per heavy atom. The second kappa shape index (κ2) is 5.59. The van der Waals surface area contributed by atoms with E-state index in [1.54, 1.807) is 7.11 Å². The number of nitrogens with zero attached hydrogens (tertiary/aromatic N) is 3. The van der Waals surface area contributed by atoms with Gasteiger partial charge in [-0.15, -0.1) is 0 Å². The van der Waals surface area contributed by atoms with Crippen LogP contribution in [0.2, 0.25) is 0 Å². The summed E-state index contributed by atoms with van der Waals surface area (Å²) in [4.78, 5) is 6.92. The zero-order valence-corrected chi connectivity index (χ0v) is 10.8. The molecule has 1 aromatic heterocycles. The van der Waals surface area contributed by atoms with Gasteiger partial charge in [0.25, 0.3) is 0 Å². The molecule has 0 aromatic carbocycles. The molecule has 16 heavy (non-hydrogen) atoms. The van der Waals surface area contributed by atoms with E-state index in [0.29, 0.717) is 6.61 Å². The summed E-state index contributed by atoms with van der Waals surface area (Å²) in [6.07, 6.45) is 3.43. The van der Waals surface area contributed by atoms with Gasteiger partial charge in [0.05, 0.1) is 6.61 Å². The molecule has 1 atom stereocenters. The summed E-state index contributed by atoms with van der Waals surface area (Å²) in [6, 6.07) is 0. The number of rotatable bonds is 4. The first kappa shape index (κ1) is 11.8. The van der Waals surface area contributed by atoms with Crippen LogP contribution in [0.3, 0.4) is 0 Å². The molecule has 1 aliphatic heterocycles. The van der Waals surface area contributed by atoms with Gasteiger partial charge in [-0.25, -0.2) is 4.98 Å². The number of methoxy groups -OCH3 is 1. The maximum Gasteiger partial charge on any atom is 0.205 e. The lowest BCUT2D eigenvalue weighted by Crippen LogP contribution is -2.34. The molecular formula is C11H19N3OS. The van der Waals surface area contributed by atoms with E-state index in [9.17, 15) is 0 Å². The second-order valence-electron chi connectivity index (χ2n) is 4.43. The highest BCUT2D eigenvalue weighted by Crippen LogP contribution is 2.24. The SMILES string of the molecule is COCCc1nsc(N2CCCC(C)C2)n1. The van der Waals surface area contributed by atoms with Gasteiger partial charge in [-0.3, -0.25) is 0 Å². The van der Waals surface area contributed by atoms with Crippen LogP contribution in [-0.4, -0.2) is 36.2 Å². The van der Waals surface area contributed by atoms with Crippen molar-refractivity contribution < 1.29 is 4.74 Å². The van der Waals surface area contributed by atoms with Gasteiger partial charge in [-0.2, -0.15) is 4.37 Å². The predicted molar refractivity (Wildman–Crippen MR) is 66.1 cm³/mol. The Balaban J connectivity index is 1.95. The van der Waals surface area contributed by atoms with Gasteiger partial charge in [-0.1, -0.05) is 6.92 Å². The highest BCUT2D eigenvalue weighted by atomic mass is 32.1. The van der Waals surface area contributed by atoms with Crippen molar-refractivity contribution in [3.05, 3.63) is 5.82 Å². The summed E-state index contributed by atoms with van der Waals surface area (Å²) in [5.74, 6) is 1.69. The van der Waals surface area contributed by atoms with E-state index in [0.717, 1.165) is 36.4 Å². The van der Waals surface area contributed by atoms with Crippen molar-refractivity contribution in [2.45, 2.75) is 26.2 Å². The minimum absolute atomic E-state index is 0.701. The highest BCUT2D eigenvalue weighted by molar-refractivity contribution is 7.09. The van der Waals surface area contributed by atoms with Crippen molar-refractivity contribution in [2.24, 2.45) is 5.92 Å². The average Bonchev–Trinajstić information content (AvgIpc) is 2.75. The Hall–Kier alpha value is -0.680. The fourth-order valence-electron chi connectivity index (χ4n) is 2.03. The van der Waals surface area contributed by atoms with Crippen molar-refractivity contribution in [3.8, 4) is 0 Å². The zero-order chi connectivity index (χ0) is 11.4. The maximum absolute atomic E-state index is 5.03. The molecule has 4 nitrogen and oxygen atoms in total. The standard InChI is InChI=1S/C11H19N3OS/c1-9-4-3-6-14(8-9)11-12-10(13-16-11)5-7-15-2/h9H,3-8H2,1-2H3. The number of ether oxygens (including phenoxy) is 1. The molecule has 2 rings (SSSR count). The lowest BCUT2D eigenvalue weighted by Gasteiger charge is -2.30. The first-order valence-electron chi connectivity index (χ1n) is 5.86. The number of hydrogen-bond donors (Lipinski definition) is 0. The van der Waals surface area contributed by atoms with Gasteiger partial charge in [-0.05, 0) is 18.8 Å². The molecule has 1 saturated heterocycles. The van der Waals surface area contributed by atoms with E-state index in [1.165, 1.54) is 24.4 Å². The molecule has 0 bridgehead atoms. The monoisotopic (exact) mass is 241 g/mol. The molecule has 0 N–H and O–H groups in total. The Morgan fingerprint density at radius 3 is 3.19 bits per heavy atom. The first-order chi connectivity index (χ1) is 7.79. The van der Waals surface area contributed by atoms with Crippen LogP contribution >= 0.6 is 11.5 Å². The van der Waals surface area contributed by atoms with Gasteiger partial charge in [0.2, 0.25) is 5.13 Å². The lowest BCUT2D eigenvalue weighted by atomic mass is 10.0. The summed E-state index contributed by atoms with van der Waals surface area (Å²) in [7, 11) is 1.71. The van der Waals surface area contributed by atoms with Crippen LogP contribution in [0.15, 0.2) is 0 Å². The lowest BCUT2D eigenvalue weighted by molar-refractivity contribution is 0.201. The van der Waals surface area contributed by atoms with Crippen LogP contribution in [0.4, 0.5) is 5.13 Å². The molecular weight excluding hydrogens is 222 g/mol. The van der Waals surface area contributed by atoms with Crippen LogP contribution in [0, 0.1) is 5.92 Å². The second-order valence-corrected chi connectivity index (χ2v) is 5.16. The third-order valence-electron chi connectivity index (χ3n) is 2.91. The summed E-state index contributed by atoms with van der Waals surface area (Å²) in [5.41, 5.74) is 0. The summed E-state index contributed by atoms with van der Waals surface area (Å²) >= 11 is 1.52. The first-order valence-corrected chi connectivity index (χ1v) is 6.63. The van der Waals surface area contributed by atoms with Crippen LogP contribution < -0.4 is 4.90 Å². The van der Waals surface area contributed by atoms with E-state index < -0.39 is 0 Å². The summed E-state index contributed by atoms with van der Waals surface area (Å²) in [6.45, 7) is 5.26. The molecule has 1 aromatic rings. The van der Waals surface area contributed by atoms with E-state index in [-0.39, 0.29) is 0 Å². The van der Waals surface area contributed by atoms with Crippen molar-refractivity contribution in [1.29, 1.82) is 0 Å². The molecule has 0 amide bonds. The van der Waals surface area contributed by atoms with E-state index in [1.807, 2.05) is 0 Å². The largest absolute Gasteiger partial charge is 0.384 e. The average molecular weight is 241 g/mol. The highest BCUT2D eigenvalue weighted by Gasteiger charge is 2.19. The number of anilines is 1. The molecule has 0 spiro atoms. The number of aromatic nitrogens is 2. The van der Waals surface area contributed by atoms with E-state index in [2.05, 4.69) is 21.2 Å². The molecule has 1 fully saturated rings. The third kappa shape index (κ3) is 2.92. The number of piperidine rings is 1. The molecule has 0 saturated carbocycles. The van der Waals surface area contributed by atoms with Crippen molar-refractivity contribution in [3.63, 3.8) is 0 Å². The maximum atomic E-state index is 5.03. The molecule has 1 unspecified atom stereocenters. The van der Waals surface area contributed by atoms with Crippen molar-refractivity contribution >= 4 is 16.7 Å². The number of hydrogen-bond acceptors (Lipinski definition) is 5. The van der Waals surface area contributed by atoms with Crippen LogP contribution in [-0.2, 0) is 11.2 Å². The molecule has 5 heteroatoms. The smallest absolute Gasteiger partial charge is 0.205 e. The minimum atomic E-state index is 0.701. The fourth-order valence-corrected chi connectivity index (χ4v) is 2.78. The predicted octanol–water partition coefficient (Wildman–Crippen LogP) is 1.96. The Kier molecular flexibility index (Phi) is 4.12. The molecule has 1 aliphatic rings. The van der Waals surface area contributed by atoms with Gasteiger partial charge in [0.15, 0.2) is 0 Å². The quantitative estimate of drug-likeness (QED) is 0.807.